The summed E-state index contributed by atoms with van der Waals surface area (Å²) in [4.78, 5) is 15.7. The van der Waals surface area contributed by atoms with Crippen molar-refractivity contribution in [1.29, 1.82) is 0 Å². The van der Waals surface area contributed by atoms with Gasteiger partial charge in [-0.1, -0.05) is 0 Å². The lowest BCUT2D eigenvalue weighted by molar-refractivity contribution is -0.115. The number of nitrogens with one attached hydrogen (secondary N) is 3. The Balaban J connectivity index is 1.25. The molecule has 0 unspecified atom stereocenters. The van der Waals surface area contributed by atoms with Gasteiger partial charge in [0, 0.05) is 35.9 Å². The van der Waals surface area contributed by atoms with E-state index in [1.54, 1.807) is 31.4 Å². The van der Waals surface area contributed by atoms with E-state index < -0.39 is 10.0 Å². The van der Waals surface area contributed by atoms with E-state index in [9.17, 15) is 13.2 Å². The number of hydrogen-bond acceptors (Lipinski definition) is 5. The molecular weight excluding hydrogens is 428 g/mol. The molecular formula is C23H28N4O4S. The molecule has 32 heavy (non-hydrogen) atoms. The molecule has 170 valence electrons. The Morgan fingerprint density at radius 3 is 2.59 bits per heavy atom. The van der Waals surface area contributed by atoms with Crippen molar-refractivity contribution >= 4 is 32.5 Å². The highest BCUT2D eigenvalue weighted by Crippen LogP contribution is 2.24. The highest BCUT2D eigenvalue weighted by Gasteiger charge is 2.26. The van der Waals surface area contributed by atoms with Gasteiger partial charge in [0.2, 0.25) is 15.9 Å². The van der Waals surface area contributed by atoms with Crippen LogP contribution in [0.25, 0.3) is 10.9 Å². The average molecular weight is 457 g/mol. The van der Waals surface area contributed by atoms with Crippen LogP contribution in [0, 0.1) is 0 Å². The molecule has 0 radical (unpaired) electrons. The number of aromatic amines is 1. The molecule has 0 saturated carbocycles. The maximum atomic E-state index is 12.6. The van der Waals surface area contributed by atoms with Gasteiger partial charge in [-0.25, -0.2) is 8.42 Å². The highest BCUT2D eigenvalue weighted by molar-refractivity contribution is 7.89. The summed E-state index contributed by atoms with van der Waals surface area (Å²) >= 11 is 0. The van der Waals surface area contributed by atoms with Gasteiger partial charge in [0.25, 0.3) is 0 Å². The van der Waals surface area contributed by atoms with Crippen molar-refractivity contribution in [3.05, 3.63) is 54.2 Å². The van der Waals surface area contributed by atoms with Crippen molar-refractivity contribution in [2.24, 2.45) is 0 Å². The first-order valence-corrected chi connectivity index (χ1v) is 12.2. The third-order valence-electron chi connectivity index (χ3n) is 5.67. The molecule has 8 nitrogen and oxygen atoms in total. The van der Waals surface area contributed by atoms with Gasteiger partial charge in [0.15, 0.2) is 0 Å². The number of ether oxygens (including phenoxy) is 1. The SMILES string of the molecule is COc1ccc2[nH]cc(CCNCC(=O)Nc3ccc(S(=O)(=O)N4CCCC4)cc3)c2c1. The molecule has 1 aliphatic heterocycles. The van der Waals surface area contributed by atoms with Gasteiger partial charge < -0.3 is 20.4 Å². The van der Waals surface area contributed by atoms with Crippen molar-refractivity contribution in [2.75, 3.05) is 38.6 Å². The third-order valence-corrected chi connectivity index (χ3v) is 7.59. The minimum Gasteiger partial charge on any atom is -0.497 e. The number of benzene rings is 2. The van der Waals surface area contributed by atoms with E-state index in [4.69, 9.17) is 4.74 Å². The maximum absolute atomic E-state index is 12.6. The Morgan fingerprint density at radius 1 is 1.12 bits per heavy atom. The van der Waals surface area contributed by atoms with Crippen LogP contribution in [-0.4, -0.2) is 56.9 Å². The molecule has 2 heterocycles. The van der Waals surface area contributed by atoms with Crippen LogP contribution >= 0.6 is 0 Å². The first-order valence-electron chi connectivity index (χ1n) is 10.7. The fourth-order valence-electron chi connectivity index (χ4n) is 3.91. The Labute approximate surface area is 188 Å². The molecule has 2 aromatic carbocycles. The highest BCUT2D eigenvalue weighted by atomic mass is 32.2. The second-order valence-corrected chi connectivity index (χ2v) is 9.77. The average Bonchev–Trinajstić information content (AvgIpc) is 3.47. The molecule has 0 aliphatic carbocycles. The van der Waals surface area contributed by atoms with Crippen LogP contribution < -0.4 is 15.4 Å². The summed E-state index contributed by atoms with van der Waals surface area (Å²) in [5.41, 5.74) is 2.77. The third kappa shape index (κ3) is 4.95. The number of rotatable bonds is 9. The Kier molecular flexibility index (Phi) is 6.78. The molecule has 0 spiro atoms. The van der Waals surface area contributed by atoms with Crippen LogP contribution in [0.5, 0.6) is 5.75 Å². The second-order valence-electron chi connectivity index (χ2n) is 7.84. The van der Waals surface area contributed by atoms with Crippen LogP contribution in [0.2, 0.25) is 0 Å². The van der Waals surface area contributed by atoms with Crippen molar-refractivity contribution in [3.8, 4) is 5.75 Å². The lowest BCUT2D eigenvalue weighted by Gasteiger charge is -2.15. The number of aromatic nitrogens is 1. The number of anilines is 1. The van der Waals surface area contributed by atoms with Gasteiger partial charge in [0.05, 0.1) is 18.6 Å². The van der Waals surface area contributed by atoms with E-state index >= 15 is 0 Å². The molecule has 3 N–H and O–H groups in total. The number of sulfonamides is 1. The quantitative estimate of drug-likeness (QED) is 0.430. The number of fused-ring (bicyclic) bond motifs is 1. The summed E-state index contributed by atoms with van der Waals surface area (Å²) in [5, 5.41) is 7.06. The summed E-state index contributed by atoms with van der Waals surface area (Å²) in [6, 6.07) is 12.2. The molecule has 3 aromatic rings. The molecule has 1 aromatic heterocycles. The van der Waals surface area contributed by atoms with Crippen molar-refractivity contribution < 1.29 is 17.9 Å². The topological polar surface area (TPSA) is 104 Å². The first kappa shape index (κ1) is 22.3. The molecule has 4 rings (SSSR count). The zero-order chi connectivity index (χ0) is 22.6. The second kappa shape index (κ2) is 9.72. The molecule has 1 aliphatic rings. The molecule has 1 saturated heterocycles. The van der Waals surface area contributed by atoms with E-state index in [2.05, 4.69) is 15.6 Å². The van der Waals surface area contributed by atoms with Gasteiger partial charge in [-0.2, -0.15) is 4.31 Å². The van der Waals surface area contributed by atoms with Gasteiger partial charge in [-0.3, -0.25) is 4.79 Å². The summed E-state index contributed by atoms with van der Waals surface area (Å²) < 4.78 is 32.0. The summed E-state index contributed by atoms with van der Waals surface area (Å²) in [6.07, 6.45) is 4.54. The van der Waals surface area contributed by atoms with Gasteiger partial charge in [-0.15, -0.1) is 0 Å². The molecule has 0 bridgehead atoms. The molecule has 1 fully saturated rings. The van der Waals surface area contributed by atoms with Crippen molar-refractivity contribution in [3.63, 3.8) is 0 Å². The lowest BCUT2D eigenvalue weighted by atomic mass is 10.1. The fourth-order valence-corrected chi connectivity index (χ4v) is 5.43. The number of nitrogens with zero attached hydrogens (tertiary/aromatic N) is 1. The summed E-state index contributed by atoms with van der Waals surface area (Å²) in [7, 11) is -1.80. The van der Waals surface area contributed by atoms with E-state index in [0.717, 1.165) is 41.5 Å². The molecule has 9 heteroatoms. The van der Waals surface area contributed by atoms with Crippen molar-refractivity contribution in [2.45, 2.75) is 24.2 Å². The Bertz CT molecular complexity index is 1180. The standard InChI is InChI=1S/C23H28N4O4S/c1-31-19-6-9-22-21(14-19)17(15-25-22)10-11-24-16-23(28)26-18-4-7-20(8-5-18)32(29,30)27-12-2-3-13-27/h4-9,14-15,24-25H,2-3,10-13,16H2,1H3,(H,26,28). The number of carbonyl (C=O) groups is 1. The van der Waals surface area contributed by atoms with Crippen LogP contribution in [0.15, 0.2) is 53.6 Å². The van der Waals surface area contributed by atoms with Gasteiger partial charge >= 0.3 is 0 Å². The molecule has 1 amide bonds. The predicted molar refractivity (Wildman–Crippen MR) is 124 cm³/mol. The minimum atomic E-state index is -3.45. The number of carbonyl (C=O) groups excluding carboxylic acids is 1. The number of hydrogen-bond donors (Lipinski definition) is 3. The van der Waals surface area contributed by atoms with Crippen LogP contribution in [0.1, 0.15) is 18.4 Å². The zero-order valence-corrected chi connectivity index (χ0v) is 18.9. The monoisotopic (exact) mass is 456 g/mol. The summed E-state index contributed by atoms with van der Waals surface area (Å²) in [6.45, 7) is 1.95. The zero-order valence-electron chi connectivity index (χ0n) is 18.1. The van der Waals surface area contributed by atoms with Crippen LogP contribution in [0.3, 0.4) is 0 Å². The van der Waals surface area contributed by atoms with E-state index in [1.807, 2.05) is 24.4 Å². The first-order chi connectivity index (χ1) is 15.5. The fraction of sp³-hybridized carbons (Fsp3) is 0.348. The number of H-pyrrole nitrogens is 1. The van der Waals surface area contributed by atoms with Crippen LogP contribution in [0.4, 0.5) is 5.69 Å². The predicted octanol–water partition coefficient (Wildman–Crippen LogP) is 2.73. The minimum absolute atomic E-state index is 0.166. The summed E-state index contributed by atoms with van der Waals surface area (Å²) in [5.74, 6) is 0.630. The van der Waals surface area contributed by atoms with Crippen LogP contribution in [-0.2, 0) is 21.2 Å². The number of amides is 1. The molecule has 0 atom stereocenters. The number of methoxy groups -OCH3 is 1. The van der Waals surface area contributed by atoms with E-state index in [0.29, 0.717) is 25.3 Å². The Hall–Kier alpha value is -2.88. The van der Waals surface area contributed by atoms with Crippen molar-refractivity contribution in [1.82, 2.24) is 14.6 Å². The normalized spacial score (nSPS) is 14.7. The van der Waals surface area contributed by atoms with E-state index in [1.165, 1.54) is 4.31 Å². The van der Waals surface area contributed by atoms with Gasteiger partial charge in [-0.05, 0) is 73.8 Å². The van der Waals surface area contributed by atoms with E-state index in [-0.39, 0.29) is 17.3 Å². The van der Waals surface area contributed by atoms with Gasteiger partial charge in [0.1, 0.15) is 5.75 Å². The largest absolute Gasteiger partial charge is 0.497 e. The Morgan fingerprint density at radius 2 is 1.88 bits per heavy atom. The lowest BCUT2D eigenvalue weighted by Crippen LogP contribution is -2.29. The smallest absolute Gasteiger partial charge is 0.243 e. The maximum Gasteiger partial charge on any atom is 0.243 e.